The van der Waals surface area contributed by atoms with Gasteiger partial charge in [0, 0.05) is 50.9 Å². The van der Waals surface area contributed by atoms with Crippen molar-refractivity contribution in [3.05, 3.63) is 48.0 Å². The van der Waals surface area contributed by atoms with Gasteiger partial charge >= 0.3 is 0 Å². The van der Waals surface area contributed by atoms with Gasteiger partial charge in [-0.3, -0.25) is 4.79 Å². The zero-order valence-electron chi connectivity index (χ0n) is 15.4. The number of rotatable bonds is 6. The fourth-order valence-corrected chi connectivity index (χ4v) is 3.06. The smallest absolute Gasteiger partial charge is 0.221 e. The molecule has 1 amide bonds. The maximum absolute atomic E-state index is 13.9. The Morgan fingerprint density at radius 3 is 2.73 bits per heavy atom. The molecule has 1 aliphatic heterocycles. The zero-order valence-corrected chi connectivity index (χ0v) is 15.4. The van der Waals surface area contributed by atoms with Crippen LogP contribution in [0.5, 0.6) is 0 Å². The number of benzene rings is 1. The molecule has 1 atom stereocenters. The van der Waals surface area contributed by atoms with Crippen LogP contribution in [-0.4, -0.2) is 65.3 Å². The van der Waals surface area contributed by atoms with E-state index in [1.807, 2.05) is 6.92 Å². The van der Waals surface area contributed by atoms with Gasteiger partial charge in [0.15, 0.2) is 0 Å². The van der Waals surface area contributed by atoms with Gasteiger partial charge in [-0.2, -0.15) is 5.10 Å². The monoisotopic (exact) mass is 359 g/mol. The highest BCUT2D eigenvalue weighted by molar-refractivity contribution is 5.76. The number of hydrogen-bond acceptors (Lipinski definition) is 4. The molecule has 6 nitrogen and oxygen atoms in total. The van der Waals surface area contributed by atoms with E-state index >= 15 is 0 Å². The van der Waals surface area contributed by atoms with Gasteiger partial charge < -0.3 is 15.1 Å². The van der Waals surface area contributed by atoms with Crippen LogP contribution >= 0.6 is 0 Å². The molecular formula is C19H26FN5O. The number of nitrogens with zero attached hydrogens (tertiary/aromatic N) is 4. The summed E-state index contributed by atoms with van der Waals surface area (Å²) >= 11 is 0. The third-order valence-corrected chi connectivity index (χ3v) is 4.83. The quantitative estimate of drug-likeness (QED) is 0.855. The lowest BCUT2D eigenvalue weighted by Crippen LogP contribution is -2.45. The maximum Gasteiger partial charge on any atom is 0.221 e. The van der Waals surface area contributed by atoms with E-state index in [0.29, 0.717) is 12.1 Å². The number of nitrogens with one attached hydrogen (secondary N) is 1. The van der Waals surface area contributed by atoms with Crippen LogP contribution in [0.4, 0.5) is 4.39 Å². The lowest BCUT2D eigenvalue weighted by atomic mass is 10.2. The van der Waals surface area contributed by atoms with E-state index in [-0.39, 0.29) is 17.8 Å². The summed E-state index contributed by atoms with van der Waals surface area (Å²) in [5, 5.41) is 7.22. The van der Waals surface area contributed by atoms with E-state index in [0.717, 1.165) is 38.3 Å². The van der Waals surface area contributed by atoms with Crippen LogP contribution in [0.25, 0.3) is 5.69 Å². The molecule has 1 N–H and O–H groups in total. The Hall–Kier alpha value is -2.25. The van der Waals surface area contributed by atoms with Crippen molar-refractivity contribution in [2.45, 2.75) is 19.4 Å². The van der Waals surface area contributed by atoms with Crippen molar-refractivity contribution in [3.8, 4) is 5.69 Å². The van der Waals surface area contributed by atoms with Gasteiger partial charge in [-0.15, -0.1) is 0 Å². The summed E-state index contributed by atoms with van der Waals surface area (Å²) in [6.45, 7) is 6.81. The van der Waals surface area contributed by atoms with Crippen LogP contribution in [0.2, 0.25) is 0 Å². The maximum atomic E-state index is 13.9. The summed E-state index contributed by atoms with van der Waals surface area (Å²) in [4.78, 5) is 16.8. The molecule has 1 saturated heterocycles. The molecule has 0 saturated carbocycles. The number of carbonyl (C=O) groups excluding carboxylic acids is 1. The van der Waals surface area contributed by atoms with E-state index in [9.17, 15) is 9.18 Å². The van der Waals surface area contributed by atoms with Crippen LogP contribution in [0, 0.1) is 5.82 Å². The Morgan fingerprint density at radius 2 is 2.00 bits per heavy atom. The summed E-state index contributed by atoms with van der Waals surface area (Å²) in [5.41, 5.74) is 1.24. The van der Waals surface area contributed by atoms with Gasteiger partial charge in [-0.25, -0.2) is 9.07 Å². The van der Waals surface area contributed by atoms with Crippen LogP contribution in [0.3, 0.4) is 0 Å². The molecule has 1 fully saturated rings. The molecule has 3 rings (SSSR count). The summed E-state index contributed by atoms with van der Waals surface area (Å²) in [6.07, 6.45) is 3.90. The molecule has 0 bridgehead atoms. The average molecular weight is 359 g/mol. The lowest BCUT2D eigenvalue weighted by molar-refractivity contribution is -0.122. The first-order chi connectivity index (χ1) is 12.5. The molecule has 1 aromatic heterocycles. The minimum Gasteiger partial charge on any atom is -0.349 e. The predicted molar refractivity (Wildman–Crippen MR) is 98.6 cm³/mol. The SMILES string of the molecule is CC(NC(=O)CCN1CCN(C)CC1)c1cnn(-c2ccccc2F)c1. The lowest BCUT2D eigenvalue weighted by Gasteiger charge is -2.32. The van der Waals surface area contributed by atoms with Crippen LogP contribution < -0.4 is 5.32 Å². The second-order valence-electron chi connectivity index (χ2n) is 6.85. The van der Waals surface area contributed by atoms with E-state index < -0.39 is 0 Å². The van der Waals surface area contributed by atoms with E-state index in [4.69, 9.17) is 0 Å². The Balaban J connectivity index is 1.51. The summed E-state index contributed by atoms with van der Waals surface area (Å²) in [6, 6.07) is 6.32. The number of likely N-dealkylation sites (N-methyl/N-ethyl adjacent to an activating group) is 1. The largest absolute Gasteiger partial charge is 0.349 e. The van der Waals surface area contributed by atoms with Gasteiger partial charge in [-0.05, 0) is 26.1 Å². The second kappa shape index (κ2) is 8.42. The van der Waals surface area contributed by atoms with Crippen LogP contribution in [0.15, 0.2) is 36.7 Å². The van der Waals surface area contributed by atoms with E-state index in [2.05, 4.69) is 27.3 Å². The van der Waals surface area contributed by atoms with Gasteiger partial charge in [0.1, 0.15) is 11.5 Å². The van der Waals surface area contributed by atoms with Crippen LogP contribution in [0.1, 0.15) is 24.9 Å². The van der Waals surface area contributed by atoms with Crippen molar-refractivity contribution >= 4 is 5.91 Å². The molecule has 140 valence electrons. The standard InChI is InChI=1S/C19H26FN5O/c1-15(22-19(26)7-8-24-11-9-23(2)10-12-24)16-13-21-25(14-16)18-6-4-3-5-17(18)20/h3-6,13-15H,7-12H2,1-2H3,(H,22,26). The van der Waals surface area contributed by atoms with Gasteiger partial charge in [0.05, 0.1) is 12.2 Å². The van der Waals surface area contributed by atoms with Gasteiger partial charge in [0.2, 0.25) is 5.91 Å². The van der Waals surface area contributed by atoms with Gasteiger partial charge in [0.25, 0.3) is 0 Å². The fraction of sp³-hybridized carbons (Fsp3) is 0.474. The summed E-state index contributed by atoms with van der Waals surface area (Å²) < 4.78 is 15.4. The Kier molecular flexibility index (Phi) is 6.00. The van der Waals surface area contributed by atoms with Crippen LogP contribution in [-0.2, 0) is 4.79 Å². The minimum atomic E-state index is -0.328. The van der Waals surface area contributed by atoms with E-state index in [1.165, 1.54) is 10.7 Å². The molecule has 26 heavy (non-hydrogen) atoms. The molecule has 0 radical (unpaired) electrons. The first kappa shape index (κ1) is 18.5. The molecule has 1 aromatic carbocycles. The third kappa shape index (κ3) is 4.68. The predicted octanol–water partition coefficient (Wildman–Crippen LogP) is 1.83. The number of carbonyl (C=O) groups is 1. The Bertz CT molecular complexity index is 739. The highest BCUT2D eigenvalue weighted by Gasteiger charge is 2.16. The molecule has 2 heterocycles. The fourth-order valence-electron chi connectivity index (χ4n) is 3.06. The molecule has 7 heteroatoms. The third-order valence-electron chi connectivity index (χ3n) is 4.83. The first-order valence-corrected chi connectivity index (χ1v) is 9.02. The Morgan fingerprint density at radius 1 is 1.27 bits per heavy atom. The van der Waals surface area contributed by atoms with Crippen molar-refractivity contribution in [2.24, 2.45) is 0 Å². The molecule has 0 spiro atoms. The van der Waals surface area contributed by atoms with Crippen molar-refractivity contribution in [1.82, 2.24) is 24.9 Å². The highest BCUT2D eigenvalue weighted by Crippen LogP contribution is 2.16. The topological polar surface area (TPSA) is 53.4 Å². The number of para-hydroxylation sites is 1. The number of halogens is 1. The zero-order chi connectivity index (χ0) is 18.5. The molecular weight excluding hydrogens is 333 g/mol. The number of aromatic nitrogens is 2. The summed E-state index contributed by atoms with van der Waals surface area (Å²) in [5.74, 6) is -0.305. The second-order valence-corrected chi connectivity index (χ2v) is 6.85. The highest BCUT2D eigenvalue weighted by atomic mass is 19.1. The van der Waals surface area contributed by atoms with Gasteiger partial charge in [-0.1, -0.05) is 12.1 Å². The summed E-state index contributed by atoms with van der Waals surface area (Å²) in [7, 11) is 2.12. The number of amides is 1. The molecule has 1 unspecified atom stereocenters. The molecule has 1 aliphatic rings. The molecule has 2 aromatic rings. The first-order valence-electron chi connectivity index (χ1n) is 9.02. The van der Waals surface area contributed by atoms with Crippen molar-refractivity contribution in [1.29, 1.82) is 0 Å². The van der Waals surface area contributed by atoms with Crippen molar-refractivity contribution in [2.75, 3.05) is 39.8 Å². The van der Waals surface area contributed by atoms with Crippen molar-refractivity contribution < 1.29 is 9.18 Å². The van der Waals surface area contributed by atoms with Crippen molar-refractivity contribution in [3.63, 3.8) is 0 Å². The van der Waals surface area contributed by atoms with E-state index in [1.54, 1.807) is 30.6 Å². The minimum absolute atomic E-state index is 0.0232. The average Bonchev–Trinajstić information content (AvgIpc) is 3.12. The number of piperazine rings is 1. The number of hydrogen-bond donors (Lipinski definition) is 1. The molecule has 0 aliphatic carbocycles. The normalized spacial score (nSPS) is 17.2. The Labute approximate surface area is 153 Å².